The first-order chi connectivity index (χ1) is 32.7. The van der Waals surface area contributed by atoms with Gasteiger partial charge in [-0.25, -0.2) is 9.97 Å². The Morgan fingerprint density at radius 3 is 1.45 bits per heavy atom. The number of hydrogen-bond donors (Lipinski definition) is 4. The molecule has 0 spiro atoms. The number of ether oxygens (including phenoxy) is 1. The minimum atomic E-state index is -0.280. The van der Waals surface area contributed by atoms with Gasteiger partial charge < -0.3 is 40.3 Å². The van der Waals surface area contributed by atoms with Gasteiger partial charge in [-0.3, -0.25) is 18.7 Å². The van der Waals surface area contributed by atoms with Crippen LogP contribution >= 0.6 is 0 Å². The van der Waals surface area contributed by atoms with Crippen LogP contribution in [-0.2, 0) is 4.74 Å². The number of hydrogen-bond acceptors (Lipinski definition) is 14. The molecule has 67 heavy (non-hydrogen) atoms. The Bertz CT molecular complexity index is 2770. The summed E-state index contributed by atoms with van der Waals surface area (Å²) in [5.41, 5.74) is 3.53. The molecule has 2 aromatic carbocycles. The lowest BCUT2D eigenvalue weighted by molar-refractivity contribution is 0.110. The number of unbranched alkanes of at least 4 members (excludes halogenated alkanes) is 2. The molecule has 16 heteroatoms. The Kier molecular flexibility index (Phi) is 14.8. The number of nitrogens with one attached hydrogen (secondary N) is 2. The number of anilines is 4. The highest BCUT2D eigenvalue weighted by atomic mass is 16.5. The van der Waals surface area contributed by atoms with E-state index in [1.807, 2.05) is 33.7 Å². The quantitative estimate of drug-likeness (QED) is 0.0740. The second-order valence-corrected chi connectivity index (χ2v) is 19.0. The maximum atomic E-state index is 14.0. The Morgan fingerprint density at radius 1 is 0.582 bits per heavy atom. The molecule has 4 aromatic heterocycles. The van der Waals surface area contributed by atoms with Gasteiger partial charge in [0.05, 0.1) is 36.2 Å². The first kappa shape index (κ1) is 46.7. The van der Waals surface area contributed by atoms with Gasteiger partial charge in [0.15, 0.2) is 0 Å². The van der Waals surface area contributed by atoms with Crippen molar-refractivity contribution in [2.75, 3.05) is 93.1 Å². The van der Waals surface area contributed by atoms with E-state index in [-0.39, 0.29) is 35.4 Å². The van der Waals surface area contributed by atoms with Crippen LogP contribution in [0.15, 0.2) is 58.4 Å². The topological polar surface area (TPSA) is 179 Å². The summed E-state index contributed by atoms with van der Waals surface area (Å²) in [4.78, 5) is 53.6. The Labute approximate surface area is 392 Å². The van der Waals surface area contributed by atoms with Gasteiger partial charge in [-0.2, -0.15) is 9.97 Å². The molecule has 4 aliphatic rings. The normalized spacial score (nSPS) is 21.7. The van der Waals surface area contributed by atoms with Crippen LogP contribution in [-0.4, -0.2) is 129 Å². The molecule has 2 saturated carbocycles. The van der Waals surface area contributed by atoms with Gasteiger partial charge >= 0.3 is 0 Å². The van der Waals surface area contributed by atoms with E-state index in [9.17, 15) is 19.8 Å². The average Bonchev–Trinajstić information content (AvgIpc) is 3.36. The number of benzene rings is 2. The number of likely N-dealkylation sites (N-methyl/N-ethyl adjacent to an activating group) is 1. The van der Waals surface area contributed by atoms with Gasteiger partial charge in [0.1, 0.15) is 11.3 Å². The summed E-state index contributed by atoms with van der Waals surface area (Å²) in [5, 5.41) is 31.7. The third kappa shape index (κ3) is 10.2. The van der Waals surface area contributed by atoms with Crippen molar-refractivity contribution in [1.29, 1.82) is 0 Å². The summed E-state index contributed by atoms with van der Waals surface area (Å²) in [6, 6.07) is 12.4. The fourth-order valence-corrected chi connectivity index (χ4v) is 10.3. The highest BCUT2D eigenvalue weighted by Gasteiger charge is 2.28. The second-order valence-electron chi connectivity index (χ2n) is 19.0. The molecule has 358 valence electrons. The number of pyridine rings is 2. The predicted molar refractivity (Wildman–Crippen MR) is 269 cm³/mol. The molecule has 0 amide bonds. The summed E-state index contributed by atoms with van der Waals surface area (Å²) in [5.74, 6) is 1.13. The molecular weight excluding hydrogens is 847 g/mol. The fourth-order valence-electron chi connectivity index (χ4n) is 10.3. The molecule has 0 unspecified atom stereocenters. The minimum Gasteiger partial charge on any atom is -0.393 e. The molecule has 0 bridgehead atoms. The summed E-state index contributed by atoms with van der Waals surface area (Å²) < 4.78 is 9.26. The fraction of sp³-hybridized carbons (Fsp3) is 0.569. The van der Waals surface area contributed by atoms with E-state index in [0.717, 1.165) is 142 Å². The maximum Gasteiger partial charge on any atom is 0.260 e. The van der Waals surface area contributed by atoms with Crippen LogP contribution in [0.5, 0.6) is 0 Å². The van der Waals surface area contributed by atoms with E-state index >= 15 is 0 Å². The Balaban J connectivity index is 0.000000168. The molecule has 2 aliphatic carbocycles. The number of aliphatic hydroxyl groups is 2. The summed E-state index contributed by atoms with van der Waals surface area (Å²) in [6.45, 7) is 12.9. The first-order valence-corrected chi connectivity index (χ1v) is 25.0. The van der Waals surface area contributed by atoms with E-state index in [4.69, 9.17) is 14.7 Å². The lowest BCUT2D eigenvalue weighted by atomic mass is 9.92. The number of fused-ring (bicyclic) bond motifs is 6. The van der Waals surface area contributed by atoms with Crippen LogP contribution in [0.2, 0.25) is 0 Å². The molecule has 6 heterocycles. The highest BCUT2D eigenvalue weighted by Crippen LogP contribution is 2.35. The van der Waals surface area contributed by atoms with E-state index in [1.165, 1.54) is 0 Å². The van der Waals surface area contributed by atoms with Crippen molar-refractivity contribution in [3.05, 3.63) is 69.5 Å². The minimum absolute atomic E-state index is 0.00722. The molecule has 10 rings (SSSR count). The monoisotopic (exact) mass is 916 g/mol. The van der Waals surface area contributed by atoms with Crippen LogP contribution in [0.1, 0.15) is 103 Å². The zero-order chi connectivity index (χ0) is 46.4. The third-order valence-corrected chi connectivity index (χ3v) is 14.4. The summed E-state index contributed by atoms with van der Waals surface area (Å²) in [6.07, 6.45) is 13.4. The number of piperazine rings is 1. The third-order valence-electron chi connectivity index (χ3n) is 14.4. The maximum absolute atomic E-state index is 14.0. The standard InChI is InChI=1S/C26H36N6O2.C25H33N5O3/c1-3-4-11-27-26-28-17-23-21-10-7-19(31-14-12-30(2)13-15-31)16-22(21)25(34)32(24(23)29-26)18-5-8-20(33)9-6-18;1-2-3-10-26-25-27-16-22-20-9-6-18(29-11-13-33-14-12-29)15-21(20)24(32)30(23(22)28-25)17-4-7-19(31)8-5-17/h7,10,16-18,20,33H,3-6,8-9,11-15H2,1-2H3,(H,27,28,29);6,9,15-17,19,31H,2-5,7-8,10-14H2,1H3,(H,26,27,28)/t18-,20+;17-,19-. The smallest absolute Gasteiger partial charge is 0.260 e. The lowest BCUT2D eigenvalue weighted by Crippen LogP contribution is -2.44. The molecule has 0 atom stereocenters. The molecule has 2 saturated heterocycles. The van der Waals surface area contributed by atoms with Crippen molar-refractivity contribution in [2.24, 2.45) is 0 Å². The number of aromatic nitrogens is 6. The van der Waals surface area contributed by atoms with E-state index in [0.29, 0.717) is 67.5 Å². The van der Waals surface area contributed by atoms with Crippen molar-refractivity contribution < 1.29 is 14.9 Å². The van der Waals surface area contributed by atoms with Crippen molar-refractivity contribution in [1.82, 2.24) is 34.0 Å². The molecule has 16 nitrogen and oxygen atoms in total. The zero-order valence-corrected chi connectivity index (χ0v) is 39.6. The number of aliphatic hydroxyl groups excluding tert-OH is 2. The molecule has 6 aromatic rings. The highest BCUT2D eigenvalue weighted by molar-refractivity contribution is 6.06. The van der Waals surface area contributed by atoms with E-state index < -0.39 is 0 Å². The average molecular weight is 916 g/mol. The van der Waals surface area contributed by atoms with Crippen LogP contribution in [0.3, 0.4) is 0 Å². The molecule has 2 aliphatic heterocycles. The van der Waals surface area contributed by atoms with E-state index in [2.05, 4.69) is 80.5 Å². The summed E-state index contributed by atoms with van der Waals surface area (Å²) in [7, 11) is 2.15. The van der Waals surface area contributed by atoms with E-state index in [1.54, 1.807) is 0 Å². The lowest BCUT2D eigenvalue weighted by Gasteiger charge is -2.34. The van der Waals surface area contributed by atoms with Gasteiger partial charge in [-0.05, 0) is 106 Å². The SMILES string of the molecule is CCCCNc1ncc2c3ccc(N4CCN(C)CC4)cc3c(=O)n([C@H]3CC[C@@H](O)CC3)c2n1.CCCCNc1ncc2c3ccc(N4CCOCC4)cc3c(=O)n([C@H]3CC[C@H](O)CC3)c2n1. The second kappa shape index (κ2) is 21.3. The van der Waals surface area contributed by atoms with Gasteiger partial charge in [-0.15, -0.1) is 0 Å². The van der Waals surface area contributed by atoms with Gasteiger partial charge in [0, 0.05) is 99.0 Å². The van der Waals surface area contributed by atoms with Crippen LogP contribution < -0.4 is 31.6 Å². The summed E-state index contributed by atoms with van der Waals surface area (Å²) >= 11 is 0. The van der Waals surface area contributed by atoms with Crippen LogP contribution in [0.25, 0.3) is 43.6 Å². The van der Waals surface area contributed by atoms with Gasteiger partial charge in [0.25, 0.3) is 11.1 Å². The van der Waals surface area contributed by atoms with Crippen molar-refractivity contribution in [3.8, 4) is 0 Å². The zero-order valence-electron chi connectivity index (χ0n) is 39.6. The van der Waals surface area contributed by atoms with Crippen LogP contribution in [0.4, 0.5) is 23.3 Å². The van der Waals surface area contributed by atoms with Crippen molar-refractivity contribution in [2.45, 2.75) is 115 Å². The van der Waals surface area contributed by atoms with Gasteiger partial charge in [0.2, 0.25) is 11.9 Å². The molecule has 4 fully saturated rings. The number of rotatable bonds is 12. The van der Waals surface area contributed by atoms with Crippen LogP contribution in [0, 0.1) is 0 Å². The number of morpholine rings is 1. The first-order valence-electron chi connectivity index (χ1n) is 25.0. The predicted octanol–water partition coefficient (Wildman–Crippen LogP) is 6.85. The number of nitrogens with zero attached hydrogens (tertiary/aromatic N) is 9. The molecule has 0 radical (unpaired) electrons. The molecular formula is C51H69N11O5. The molecule has 4 N–H and O–H groups in total. The Hall–Kier alpha value is -5.42. The Morgan fingerprint density at radius 2 is 1.01 bits per heavy atom. The van der Waals surface area contributed by atoms with Crippen molar-refractivity contribution >= 4 is 66.9 Å². The largest absolute Gasteiger partial charge is 0.393 e. The van der Waals surface area contributed by atoms with Gasteiger partial charge in [-0.1, -0.05) is 38.8 Å². The van der Waals surface area contributed by atoms with Crippen molar-refractivity contribution in [3.63, 3.8) is 0 Å².